The van der Waals surface area contributed by atoms with E-state index in [-0.39, 0.29) is 12.3 Å². The molecule has 7 nitrogen and oxygen atoms in total. The molecule has 3 saturated heterocycles. The Morgan fingerprint density at radius 3 is 2.67 bits per heavy atom. The summed E-state index contributed by atoms with van der Waals surface area (Å²) in [7, 11) is 0. The van der Waals surface area contributed by atoms with Gasteiger partial charge in [-0.25, -0.2) is 4.79 Å². The van der Waals surface area contributed by atoms with Crippen molar-refractivity contribution in [3.8, 4) is 0 Å². The molecular weight excluding hydrogens is 344 g/mol. The number of H-pyrrole nitrogens is 2. The summed E-state index contributed by atoms with van der Waals surface area (Å²) < 4.78 is 0. The Morgan fingerprint density at radius 2 is 1.89 bits per heavy atom. The Morgan fingerprint density at radius 1 is 1.07 bits per heavy atom. The first-order chi connectivity index (χ1) is 13.1. The molecule has 142 valence electrons. The average Bonchev–Trinajstić information content (AvgIpc) is 2.97. The van der Waals surface area contributed by atoms with Crippen LogP contribution in [-0.2, 0) is 17.8 Å². The highest BCUT2D eigenvalue weighted by atomic mass is 16.2. The van der Waals surface area contributed by atoms with E-state index < -0.39 is 11.2 Å². The first-order valence-electron chi connectivity index (χ1n) is 9.45. The number of amides is 1. The summed E-state index contributed by atoms with van der Waals surface area (Å²) in [5, 5.41) is 0. The zero-order chi connectivity index (χ0) is 18.8. The molecule has 0 aliphatic carbocycles. The maximum atomic E-state index is 12.8. The smallest absolute Gasteiger partial charge is 0.325 e. The highest BCUT2D eigenvalue weighted by Crippen LogP contribution is 2.29. The molecule has 5 rings (SSSR count). The average molecular weight is 368 g/mol. The molecule has 2 atom stereocenters. The Labute approximate surface area is 157 Å². The topological polar surface area (TPSA) is 89.3 Å². The maximum Gasteiger partial charge on any atom is 0.325 e. The first-order valence-corrected chi connectivity index (χ1v) is 9.45. The van der Waals surface area contributed by atoms with Crippen molar-refractivity contribution in [2.24, 2.45) is 5.92 Å². The number of aromatic amines is 2. The summed E-state index contributed by atoms with van der Waals surface area (Å²) in [6.07, 6.45) is 3.59. The lowest BCUT2D eigenvalue weighted by Gasteiger charge is -2.36. The van der Waals surface area contributed by atoms with Crippen LogP contribution in [0, 0.1) is 5.92 Å². The molecule has 0 spiro atoms. The van der Waals surface area contributed by atoms with E-state index in [1.807, 2.05) is 11.0 Å². The molecule has 3 aliphatic heterocycles. The summed E-state index contributed by atoms with van der Waals surface area (Å²) in [5.74, 6) is 0.413. The number of hydrogen-bond donors (Lipinski definition) is 2. The van der Waals surface area contributed by atoms with E-state index in [2.05, 4.69) is 39.1 Å². The maximum absolute atomic E-state index is 12.8. The van der Waals surface area contributed by atoms with Crippen molar-refractivity contribution >= 4 is 5.91 Å². The number of piperidine rings is 1. The fourth-order valence-corrected chi connectivity index (χ4v) is 4.24. The minimum atomic E-state index is -0.555. The van der Waals surface area contributed by atoms with E-state index in [4.69, 9.17) is 0 Å². The van der Waals surface area contributed by atoms with Crippen molar-refractivity contribution in [1.82, 2.24) is 19.8 Å². The standard InChI is InChI=1S/C20H24N4O3/c25-18(8-16-9-21-20(27)22-19(16)26)24-12-15-6-7-17(13-24)23(11-15)10-14-4-2-1-3-5-14/h1-5,9,15,17H,6-8,10-13H2,(H2,21,22,26,27)/t15-,17-/m0/s1. The SMILES string of the molecule is O=C(Cc1c[nH]c(=O)[nH]c1=O)N1C[C@H]2CC[C@@H](C1)N(Cc1ccccc1)C2. The van der Waals surface area contributed by atoms with Crippen molar-refractivity contribution in [2.75, 3.05) is 19.6 Å². The van der Waals surface area contributed by atoms with Gasteiger partial charge in [-0.15, -0.1) is 0 Å². The van der Waals surface area contributed by atoms with Crippen molar-refractivity contribution in [3.05, 3.63) is 68.5 Å². The first kappa shape index (κ1) is 17.7. The molecule has 3 aliphatic rings. The largest absolute Gasteiger partial charge is 0.341 e. The molecule has 2 aromatic rings. The van der Waals surface area contributed by atoms with Gasteiger partial charge in [0.25, 0.3) is 5.56 Å². The summed E-state index contributed by atoms with van der Waals surface area (Å²) in [6.45, 7) is 3.34. The van der Waals surface area contributed by atoms with E-state index in [9.17, 15) is 14.4 Å². The molecule has 27 heavy (non-hydrogen) atoms. The third kappa shape index (κ3) is 4.03. The van der Waals surface area contributed by atoms with E-state index in [0.29, 0.717) is 24.1 Å². The monoisotopic (exact) mass is 368 g/mol. The van der Waals surface area contributed by atoms with Gasteiger partial charge in [0.2, 0.25) is 5.91 Å². The zero-order valence-corrected chi connectivity index (χ0v) is 15.2. The van der Waals surface area contributed by atoms with Gasteiger partial charge in [0.05, 0.1) is 6.42 Å². The van der Waals surface area contributed by atoms with Crippen LogP contribution in [0.5, 0.6) is 0 Å². The number of aromatic nitrogens is 2. The normalized spacial score (nSPS) is 22.6. The molecule has 3 fully saturated rings. The fraction of sp³-hybridized carbons (Fsp3) is 0.450. The number of rotatable bonds is 4. The number of hydrogen-bond acceptors (Lipinski definition) is 4. The molecule has 0 saturated carbocycles. The number of carbonyl (C=O) groups is 1. The van der Waals surface area contributed by atoms with Crippen LogP contribution in [-0.4, -0.2) is 51.4 Å². The van der Waals surface area contributed by atoms with Crippen LogP contribution in [0.2, 0.25) is 0 Å². The third-order valence-electron chi connectivity index (χ3n) is 5.65. The summed E-state index contributed by atoms with van der Waals surface area (Å²) in [5.41, 5.74) is 0.552. The van der Waals surface area contributed by atoms with Crippen molar-refractivity contribution < 1.29 is 4.79 Å². The molecule has 4 heterocycles. The van der Waals surface area contributed by atoms with Crippen LogP contribution in [0.4, 0.5) is 0 Å². The number of nitrogens with one attached hydrogen (secondary N) is 2. The predicted molar refractivity (Wildman–Crippen MR) is 101 cm³/mol. The quantitative estimate of drug-likeness (QED) is 0.833. The number of benzene rings is 1. The number of carbonyl (C=O) groups excluding carboxylic acids is 1. The lowest BCUT2D eigenvalue weighted by atomic mass is 9.94. The number of nitrogens with zero attached hydrogens (tertiary/aromatic N) is 2. The van der Waals surface area contributed by atoms with Crippen LogP contribution in [0.15, 0.2) is 46.1 Å². The Kier molecular flexibility index (Phi) is 4.94. The van der Waals surface area contributed by atoms with Crippen molar-refractivity contribution in [3.63, 3.8) is 0 Å². The summed E-state index contributed by atoms with van der Waals surface area (Å²) >= 11 is 0. The summed E-state index contributed by atoms with van der Waals surface area (Å²) in [4.78, 5) is 44.8. The molecule has 0 radical (unpaired) electrons. The van der Waals surface area contributed by atoms with Crippen LogP contribution in [0.1, 0.15) is 24.0 Å². The molecule has 0 unspecified atom stereocenters. The van der Waals surface area contributed by atoms with Gasteiger partial charge in [-0.3, -0.25) is 19.5 Å². The van der Waals surface area contributed by atoms with E-state index in [1.165, 1.54) is 11.8 Å². The van der Waals surface area contributed by atoms with E-state index >= 15 is 0 Å². The van der Waals surface area contributed by atoms with Crippen LogP contribution in [0.3, 0.4) is 0 Å². The molecular formula is C20H24N4O3. The second kappa shape index (κ2) is 7.52. The van der Waals surface area contributed by atoms with Gasteiger partial charge in [0, 0.05) is 44.0 Å². The van der Waals surface area contributed by atoms with Crippen molar-refractivity contribution in [1.29, 1.82) is 0 Å². The van der Waals surface area contributed by atoms with E-state index in [1.54, 1.807) is 0 Å². The van der Waals surface area contributed by atoms with Crippen LogP contribution in [0.25, 0.3) is 0 Å². The minimum Gasteiger partial charge on any atom is -0.341 e. The van der Waals surface area contributed by atoms with Gasteiger partial charge in [-0.2, -0.15) is 0 Å². The summed E-state index contributed by atoms with van der Waals surface area (Å²) in [6, 6.07) is 10.8. The molecule has 1 amide bonds. The number of fused-ring (bicyclic) bond motifs is 4. The second-order valence-electron chi connectivity index (χ2n) is 7.58. The molecule has 7 heteroatoms. The van der Waals surface area contributed by atoms with Gasteiger partial charge in [-0.05, 0) is 24.3 Å². The van der Waals surface area contributed by atoms with Crippen LogP contribution < -0.4 is 11.2 Å². The minimum absolute atomic E-state index is 0.0181. The van der Waals surface area contributed by atoms with Crippen LogP contribution >= 0.6 is 0 Å². The molecule has 1 aromatic heterocycles. The van der Waals surface area contributed by atoms with E-state index in [0.717, 1.165) is 32.5 Å². The molecule has 1 aromatic carbocycles. The predicted octanol–water partition coefficient (Wildman–Crippen LogP) is 0.729. The Bertz CT molecular complexity index is 921. The molecule has 2 bridgehead atoms. The van der Waals surface area contributed by atoms with Crippen molar-refractivity contribution in [2.45, 2.75) is 31.8 Å². The highest BCUT2D eigenvalue weighted by molar-refractivity contribution is 5.78. The van der Waals surface area contributed by atoms with Gasteiger partial charge in [0.15, 0.2) is 0 Å². The van der Waals surface area contributed by atoms with Gasteiger partial charge in [0.1, 0.15) is 0 Å². The van der Waals surface area contributed by atoms with Gasteiger partial charge in [-0.1, -0.05) is 30.3 Å². The fourth-order valence-electron chi connectivity index (χ4n) is 4.24. The third-order valence-corrected chi connectivity index (χ3v) is 5.65. The zero-order valence-electron chi connectivity index (χ0n) is 15.2. The molecule has 2 N–H and O–H groups in total. The lowest BCUT2D eigenvalue weighted by molar-refractivity contribution is -0.130. The highest BCUT2D eigenvalue weighted by Gasteiger charge is 2.36. The Hall–Kier alpha value is -2.67. The van der Waals surface area contributed by atoms with Gasteiger partial charge >= 0.3 is 5.69 Å². The second-order valence-corrected chi connectivity index (χ2v) is 7.58. The van der Waals surface area contributed by atoms with Gasteiger partial charge < -0.3 is 9.88 Å². The lowest BCUT2D eigenvalue weighted by Crippen LogP contribution is -2.44. The Balaban J connectivity index is 1.45.